The maximum Gasteiger partial charge on any atom is 0.323 e. The fraction of sp³-hybridized carbons (Fsp3) is 0.667. The highest BCUT2D eigenvalue weighted by atomic mass is 35.5. The summed E-state index contributed by atoms with van der Waals surface area (Å²) in [5, 5.41) is 9.41. The lowest BCUT2D eigenvalue weighted by Gasteiger charge is -2.19. The Morgan fingerprint density at radius 2 is 2.50 bits per heavy atom. The SMILES string of the molecule is COC(=O)C1CC(O)CN1C/C=C/Cl. The Hall–Kier alpha value is -0.580. The lowest BCUT2D eigenvalue weighted by Crippen LogP contribution is -2.36. The van der Waals surface area contributed by atoms with E-state index in [0.29, 0.717) is 19.5 Å². The number of β-amino-alcohol motifs (C(OH)–C–C–N with tert-alkyl or cyclic N) is 1. The first-order valence-electron chi connectivity index (χ1n) is 4.44. The number of carbonyl (C=O) groups is 1. The molecule has 1 aliphatic heterocycles. The normalized spacial score (nSPS) is 28.5. The third-order valence-electron chi connectivity index (χ3n) is 2.28. The van der Waals surface area contributed by atoms with Crippen molar-refractivity contribution in [2.45, 2.75) is 18.6 Å². The van der Waals surface area contributed by atoms with Crippen molar-refractivity contribution < 1.29 is 14.6 Å². The average molecular weight is 220 g/mol. The summed E-state index contributed by atoms with van der Waals surface area (Å²) in [6.45, 7) is 1.04. The van der Waals surface area contributed by atoms with E-state index in [1.54, 1.807) is 6.08 Å². The van der Waals surface area contributed by atoms with Crippen molar-refractivity contribution in [2.75, 3.05) is 20.2 Å². The van der Waals surface area contributed by atoms with Crippen molar-refractivity contribution in [3.05, 3.63) is 11.6 Å². The van der Waals surface area contributed by atoms with E-state index in [4.69, 9.17) is 11.6 Å². The number of hydrogen-bond acceptors (Lipinski definition) is 4. The Kier molecular flexibility index (Phi) is 4.38. The molecule has 0 aromatic rings. The Morgan fingerprint density at radius 3 is 3.07 bits per heavy atom. The predicted molar refractivity (Wildman–Crippen MR) is 53.0 cm³/mol. The fourth-order valence-electron chi connectivity index (χ4n) is 1.64. The average Bonchev–Trinajstić information content (AvgIpc) is 2.55. The molecule has 1 N–H and O–H groups in total. The zero-order valence-corrected chi connectivity index (χ0v) is 8.78. The van der Waals surface area contributed by atoms with Crippen LogP contribution in [-0.4, -0.2) is 48.3 Å². The molecule has 0 aromatic heterocycles. The first kappa shape index (κ1) is 11.5. The molecule has 1 aliphatic rings. The van der Waals surface area contributed by atoms with Gasteiger partial charge in [0, 0.05) is 25.0 Å². The maximum absolute atomic E-state index is 11.3. The molecule has 0 radical (unpaired) electrons. The second-order valence-corrected chi connectivity index (χ2v) is 3.50. The number of carbonyl (C=O) groups excluding carboxylic acids is 1. The monoisotopic (exact) mass is 219 g/mol. The van der Waals surface area contributed by atoms with E-state index in [9.17, 15) is 9.90 Å². The lowest BCUT2D eigenvalue weighted by atomic mass is 10.2. The molecule has 2 unspecified atom stereocenters. The van der Waals surface area contributed by atoms with Gasteiger partial charge in [-0.15, -0.1) is 0 Å². The Labute approximate surface area is 88.1 Å². The van der Waals surface area contributed by atoms with Gasteiger partial charge in [-0.2, -0.15) is 0 Å². The van der Waals surface area contributed by atoms with Gasteiger partial charge in [0.15, 0.2) is 0 Å². The van der Waals surface area contributed by atoms with Crippen LogP contribution in [0.15, 0.2) is 11.6 Å². The van der Waals surface area contributed by atoms with E-state index >= 15 is 0 Å². The van der Waals surface area contributed by atoms with Crippen molar-refractivity contribution >= 4 is 17.6 Å². The molecule has 0 bridgehead atoms. The number of halogens is 1. The van der Waals surface area contributed by atoms with Crippen LogP contribution >= 0.6 is 11.6 Å². The van der Waals surface area contributed by atoms with E-state index in [0.717, 1.165) is 0 Å². The van der Waals surface area contributed by atoms with Crippen LogP contribution in [-0.2, 0) is 9.53 Å². The van der Waals surface area contributed by atoms with Crippen molar-refractivity contribution in [3.63, 3.8) is 0 Å². The molecule has 80 valence electrons. The predicted octanol–water partition coefficient (Wildman–Crippen LogP) is 0.347. The molecule has 0 spiro atoms. The molecule has 2 atom stereocenters. The molecule has 5 heteroatoms. The number of aliphatic hydroxyl groups excluding tert-OH is 1. The molecular weight excluding hydrogens is 206 g/mol. The number of rotatable bonds is 3. The van der Waals surface area contributed by atoms with Crippen LogP contribution in [0.4, 0.5) is 0 Å². The number of methoxy groups -OCH3 is 1. The minimum Gasteiger partial charge on any atom is -0.468 e. The highest BCUT2D eigenvalue weighted by Crippen LogP contribution is 2.18. The van der Waals surface area contributed by atoms with E-state index in [-0.39, 0.29) is 12.0 Å². The fourth-order valence-corrected chi connectivity index (χ4v) is 1.72. The zero-order chi connectivity index (χ0) is 10.6. The molecule has 1 heterocycles. The third-order valence-corrected chi connectivity index (χ3v) is 2.46. The highest BCUT2D eigenvalue weighted by molar-refractivity contribution is 6.25. The summed E-state index contributed by atoms with van der Waals surface area (Å²) < 4.78 is 4.64. The summed E-state index contributed by atoms with van der Waals surface area (Å²) in [6, 6.07) is -0.345. The summed E-state index contributed by atoms with van der Waals surface area (Å²) in [5.74, 6) is -0.301. The number of ether oxygens (including phenoxy) is 1. The smallest absolute Gasteiger partial charge is 0.323 e. The van der Waals surface area contributed by atoms with Gasteiger partial charge in [-0.1, -0.05) is 17.7 Å². The highest BCUT2D eigenvalue weighted by Gasteiger charge is 2.35. The number of nitrogens with zero attached hydrogens (tertiary/aromatic N) is 1. The van der Waals surface area contributed by atoms with Crippen molar-refractivity contribution in [1.29, 1.82) is 0 Å². The van der Waals surface area contributed by atoms with Crippen molar-refractivity contribution in [2.24, 2.45) is 0 Å². The van der Waals surface area contributed by atoms with Gasteiger partial charge in [-0.25, -0.2) is 0 Å². The Morgan fingerprint density at radius 1 is 1.79 bits per heavy atom. The van der Waals surface area contributed by atoms with Crippen LogP contribution in [0.2, 0.25) is 0 Å². The lowest BCUT2D eigenvalue weighted by molar-refractivity contribution is -0.145. The topological polar surface area (TPSA) is 49.8 Å². The number of aliphatic hydroxyl groups is 1. The second-order valence-electron chi connectivity index (χ2n) is 3.24. The largest absolute Gasteiger partial charge is 0.468 e. The molecule has 1 rings (SSSR count). The second kappa shape index (κ2) is 5.34. The first-order chi connectivity index (χ1) is 6.69. The minimum absolute atomic E-state index is 0.301. The molecular formula is C9H14ClNO3. The number of likely N-dealkylation sites (tertiary alicyclic amines) is 1. The quantitative estimate of drug-likeness (QED) is 0.696. The maximum atomic E-state index is 11.3. The molecule has 0 aromatic carbocycles. The van der Waals surface area contributed by atoms with Gasteiger partial charge < -0.3 is 9.84 Å². The van der Waals surface area contributed by atoms with Gasteiger partial charge in [0.05, 0.1) is 13.2 Å². The van der Waals surface area contributed by atoms with Gasteiger partial charge in [0.2, 0.25) is 0 Å². The van der Waals surface area contributed by atoms with Gasteiger partial charge in [0.1, 0.15) is 6.04 Å². The molecule has 0 saturated carbocycles. The van der Waals surface area contributed by atoms with Gasteiger partial charge in [-0.05, 0) is 0 Å². The minimum atomic E-state index is -0.456. The van der Waals surface area contributed by atoms with E-state index < -0.39 is 6.10 Å². The summed E-state index contributed by atoms with van der Waals surface area (Å²) in [5.41, 5.74) is 1.40. The standard InChI is InChI=1S/C9H14ClNO3/c1-14-9(13)8-5-7(12)6-11(8)4-2-3-10/h2-3,7-8,12H,4-6H2,1H3/b3-2+. The van der Waals surface area contributed by atoms with Crippen LogP contribution < -0.4 is 0 Å². The van der Waals surface area contributed by atoms with Crippen LogP contribution in [0, 0.1) is 0 Å². The molecule has 1 saturated heterocycles. The number of esters is 1. The van der Waals surface area contributed by atoms with Gasteiger partial charge in [-0.3, -0.25) is 9.69 Å². The zero-order valence-electron chi connectivity index (χ0n) is 8.02. The van der Waals surface area contributed by atoms with Crippen LogP contribution in [0.1, 0.15) is 6.42 Å². The molecule has 14 heavy (non-hydrogen) atoms. The first-order valence-corrected chi connectivity index (χ1v) is 4.88. The third kappa shape index (κ3) is 2.70. The summed E-state index contributed by atoms with van der Waals surface area (Å²) in [6.07, 6.45) is 1.71. The van der Waals surface area contributed by atoms with Crippen LogP contribution in [0.5, 0.6) is 0 Å². The van der Waals surface area contributed by atoms with Gasteiger partial charge in [0.25, 0.3) is 0 Å². The Balaban J connectivity index is 2.57. The molecule has 0 amide bonds. The summed E-state index contributed by atoms with van der Waals surface area (Å²) in [4.78, 5) is 13.1. The van der Waals surface area contributed by atoms with E-state index in [2.05, 4.69) is 4.74 Å². The number of hydrogen-bond donors (Lipinski definition) is 1. The van der Waals surface area contributed by atoms with Crippen molar-refractivity contribution in [3.8, 4) is 0 Å². The van der Waals surface area contributed by atoms with E-state index in [1.807, 2.05) is 4.90 Å². The van der Waals surface area contributed by atoms with Crippen molar-refractivity contribution in [1.82, 2.24) is 4.90 Å². The molecule has 4 nitrogen and oxygen atoms in total. The van der Waals surface area contributed by atoms with Crippen LogP contribution in [0.3, 0.4) is 0 Å². The molecule has 0 aliphatic carbocycles. The van der Waals surface area contributed by atoms with E-state index in [1.165, 1.54) is 12.6 Å². The van der Waals surface area contributed by atoms with Crippen LogP contribution in [0.25, 0.3) is 0 Å². The molecule has 1 fully saturated rings. The summed E-state index contributed by atoms with van der Waals surface area (Å²) >= 11 is 5.39. The summed E-state index contributed by atoms with van der Waals surface area (Å²) in [7, 11) is 1.35. The van der Waals surface area contributed by atoms with Gasteiger partial charge >= 0.3 is 5.97 Å². The Bertz CT molecular complexity index is 232.